The maximum Gasteiger partial charge on any atom is 0.123 e. The smallest absolute Gasteiger partial charge is 0.123 e. The minimum atomic E-state index is -0.681. The summed E-state index contributed by atoms with van der Waals surface area (Å²) in [5, 5.41) is 9.77. The van der Waals surface area contributed by atoms with Gasteiger partial charge in [-0.15, -0.1) is 11.8 Å². The van der Waals surface area contributed by atoms with Gasteiger partial charge in [-0.05, 0) is 49.9 Å². The SMILES string of the molecule is CC(C)(O)CC1CSc2ccc(F)cc21. The van der Waals surface area contributed by atoms with Crippen molar-refractivity contribution in [2.24, 2.45) is 0 Å². The van der Waals surface area contributed by atoms with Crippen LogP contribution in [0.1, 0.15) is 31.7 Å². The Morgan fingerprint density at radius 3 is 2.93 bits per heavy atom. The van der Waals surface area contributed by atoms with Crippen LogP contribution in [0.25, 0.3) is 0 Å². The Morgan fingerprint density at radius 1 is 1.53 bits per heavy atom. The zero-order valence-corrected chi connectivity index (χ0v) is 9.77. The van der Waals surface area contributed by atoms with Crippen LogP contribution in [0.5, 0.6) is 0 Å². The lowest BCUT2D eigenvalue weighted by atomic mass is 9.89. The van der Waals surface area contributed by atoms with Gasteiger partial charge in [-0.2, -0.15) is 0 Å². The van der Waals surface area contributed by atoms with Crippen molar-refractivity contribution in [3.63, 3.8) is 0 Å². The van der Waals surface area contributed by atoms with Crippen LogP contribution in [-0.4, -0.2) is 16.5 Å². The van der Waals surface area contributed by atoms with Crippen LogP contribution in [-0.2, 0) is 0 Å². The molecule has 0 spiro atoms. The van der Waals surface area contributed by atoms with Crippen molar-refractivity contribution in [1.82, 2.24) is 0 Å². The summed E-state index contributed by atoms with van der Waals surface area (Å²) in [6.45, 7) is 3.60. The minimum absolute atomic E-state index is 0.183. The van der Waals surface area contributed by atoms with Crippen molar-refractivity contribution >= 4 is 11.8 Å². The molecule has 1 aliphatic heterocycles. The summed E-state index contributed by atoms with van der Waals surface area (Å²) in [5.74, 6) is 1.04. The molecule has 1 unspecified atom stereocenters. The highest BCUT2D eigenvalue weighted by atomic mass is 32.2. The molecule has 0 radical (unpaired) electrons. The Hall–Kier alpha value is -0.540. The molecule has 3 heteroatoms. The van der Waals surface area contributed by atoms with Gasteiger partial charge in [0.1, 0.15) is 5.82 Å². The van der Waals surface area contributed by atoms with Crippen LogP contribution in [0.2, 0.25) is 0 Å². The van der Waals surface area contributed by atoms with E-state index in [1.807, 2.05) is 6.07 Å². The predicted octanol–water partition coefficient (Wildman–Crippen LogP) is 3.18. The van der Waals surface area contributed by atoms with E-state index in [2.05, 4.69) is 0 Å². The number of halogens is 1. The van der Waals surface area contributed by atoms with E-state index in [0.29, 0.717) is 6.42 Å². The number of hydrogen-bond acceptors (Lipinski definition) is 2. The number of aliphatic hydroxyl groups is 1. The quantitative estimate of drug-likeness (QED) is 0.835. The van der Waals surface area contributed by atoms with E-state index in [-0.39, 0.29) is 11.7 Å². The van der Waals surface area contributed by atoms with Gasteiger partial charge in [-0.25, -0.2) is 4.39 Å². The van der Waals surface area contributed by atoms with E-state index in [1.54, 1.807) is 31.7 Å². The van der Waals surface area contributed by atoms with Crippen LogP contribution in [0, 0.1) is 5.82 Å². The third kappa shape index (κ3) is 2.52. The third-order valence-corrected chi connectivity index (χ3v) is 3.85. The molecule has 0 aliphatic carbocycles. The van der Waals surface area contributed by atoms with Gasteiger partial charge in [0, 0.05) is 10.6 Å². The number of benzene rings is 1. The summed E-state index contributed by atoms with van der Waals surface area (Å²) in [6.07, 6.45) is 0.691. The minimum Gasteiger partial charge on any atom is -0.390 e. The molecular weight excluding hydrogens is 211 g/mol. The molecule has 1 nitrogen and oxygen atoms in total. The molecule has 0 bridgehead atoms. The van der Waals surface area contributed by atoms with E-state index in [9.17, 15) is 9.50 Å². The average Bonchev–Trinajstić information content (AvgIpc) is 2.46. The summed E-state index contributed by atoms with van der Waals surface area (Å²) in [7, 11) is 0. The van der Waals surface area contributed by atoms with Crippen molar-refractivity contribution in [3.05, 3.63) is 29.6 Å². The zero-order chi connectivity index (χ0) is 11.1. The number of fused-ring (bicyclic) bond motifs is 1. The molecule has 0 saturated carbocycles. The summed E-state index contributed by atoms with van der Waals surface area (Å²) < 4.78 is 13.1. The second-order valence-corrected chi connectivity index (χ2v) is 5.77. The average molecular weight is 226 g/mol. The molecule has 82 valence electrons. The Balaban J connectivity index is 2.24. The molecule has 1 aliphatic rings. The van der Waals surface area contributed by atoms with Gasteiger partial charge in [-0.1, -0.05) is 0 Å². The van der Waals surface area contributed by atoms with Crippen molar-refractivity contribution in [2.75, 3.05) is 5.75 Å². The maximum atomic E-state index is 13.1. The third-order valence-electron chi connectivity index (χ3n) is 2.60. The fourth-order valence-corrected chi connectivity index (χ4v) is 3.26. The van der Waals surface area contributed by atoms with Crippen LogP contribution >= 0.6 is 11.8 Å². The Kier molecular flexibility index (Phi) is 2.77. The molecule has 0 aromatic heterocycles. The highest BCUT2D eigenvalue weighted by molar-refractivity contribution is 7.99. The molecule has 15 heavy (non-hydrogen) atoms. The monoisotopic (exact) mass is 226 g/mol. The summed E-state index contributed by atoms with van der Waals surface area (Å²) in [4.78, 5) is 1.16. The van der Waals surface area contributed by atoms with Gasteiger partial charge in [0.25, 0.3) is 0 Å². The first-order chi connectivity index (χ1) is 6.96. The van der Waals surface area contributed by atoms with Gasteiger partial charge in [0.2, 0.25) is 0 Å². The van der Waals surface area contributed by atoms with E-state index in [4.69, 9.17) is 0 Å². The Labute approximate surface area is 93.7 Å². The van der Waals surface area contributed by atoms with Gasteiger partial charge in [-0.3, -0.25) is 0 Å². The summed E-state index contributed by atoms with van der Waals surface area (Å²) >= 11 is 1.75. The first-order valence-corrected chi connectivity index (χ1v) is 6.09. The second kappa shape index (κ2) is 3.80. The first-order valence-electron chi connectivity index (χ1n) is 5.10. The van der Waals surface area contributed by atoms with Crippen molar-refractivity contribution in [3.8, 4) is 0 Å². The molecule has 1 heterocycles. The highest BCUT2D eigenvalue weighted by Crippen LogP contribution is 2.43. The van der Waals surface area contributed by atoms with E-state index >= 15 is 0 Å². The second-order valence-electron chi connectivity index (χ2n) is 4.71. The van der Waals surface area contributed by atoms with E-state index < -0.39 is 5.60 Å². The standard InChI is InChI=1S/C12H15FOS/c1-12(2,14)6-8-7-15-11-4-3-9(13)5-10(8)11/h3-5,8,14H,6-7H2,1-2H3. The van der Waals surface area contributed by atoms with Gasteiger partial charge in [0.15, 0.2) is 0 Å². The van der Waals surface area contributed by atoms with Crippen LogP contribution < -0.4 is 0 Å². The molecule has 1 atom stereocenters. The van der Waals surface area contributed by atoms with E-state index in [1.165, 1.54) is 6.07 Å². The molecule has 2 rings (SSSR count). The fraction of sp³-hybridized carbons (Fsp3) is 0.500. The molecule has 1 aromatic carbocycles. The lowest BCUT2D eigenvalue weighted by Gasteiger charge is -2.21. The number of thioether (sulfide) groups is 1. The van der Waals surface area contributed by atoms with Crippen LogP contribution in [0.3, 0.4) is 0 Å². The fourth-order valence-electron chi connectivity index (χ4n) is 2.02. The van der Waals surface area contributed by atoms with Gasteiger partial charge in [0.05, 0.1) is 5.60 Å². The number of hydrogen-bond donors (Lipinski definition) is 1. The lowest BCUT2D eigenvalue weighted by molar-refractivity contribution is 0.0652. The topological polar surface area (TPSA) is 20.2 Å². The molecule has 0 amide bonds. The number of rotatable bonds is 2. The van der Waals surface area contributed by atoms with Crippen molar-refractivity contribution in [1.29, 1.82) is 0 Å². The Morgan fingerprint density at radius 2 is 2.27 bits per heavy atom. The summed E-state index contributed by atoms with van der Waals surface area (Å²) in [6, 6.07) is 4.93. The molecular formula is C12H15FOS. The predicted molar refractivity (Wildman–Crippen MR) is 60.8 cm³/mol. The molecule has 0 saturated heterocycles. The molecule has 1 aromatic rings. The highest BCUT2D eigenvalue weighted by Gasteiger charge is 2.28. The van der Waals surface area contributed by atoms with Crippen LogP contribution in [0.4, 0.5) is 4.39 Å². The summed E-state index contributed by atoms with van der Waals surface area (Å²) in [5.41, 5.74) is 0.376. The van der Waals surface area contributed by atoms with Crippen LogP contribution in [0.15, 0.2) is 23.1 Å². The molecule has 0 fully saturated rings. The normalized spacial score (nSPS) is 20.4. The Bertz CT molecular complexity index is 370. The van der Waals surface area contributed by atoms with Gasteiger partial charge < -0.3 is 5.11 Å². The van der Waals surface area contributed by atoms with Gasteiger partial charge >= 0.3 is 0 Å². The first kappa shape index (κ1) is 11.0. The van der Waals surface area contributed by atoms with Crippen molar-refractivity contribution in [2.45, 2.75) is 36.7 Å². The van der Waals surface area contributed by atoms with E-state index in [0.717, 1.165) is 16.2 Å². The largest absolute Gasteiger partial charge is 0.390 e. The molecule has 1 N–H and O–H groups in total. The zero-order valence-electron chi connectivity index (χ0n) is 8.96. The lowest BCUT2D eigenvalue weighted by Crippen LogP contribution is -2.22. The maximum absolute atomic E-state index is 13.1. The van der Waals surface area contributed by atoms with Crippen molar-refractivity contribution < 1.29 is 9.50 Å².